The molecule has 0 atom stereocenters. The van der Waals surface area contributed by atoms with Gasteiger partial charge in [0.25, 0.3) is 5.91 Å². The number of ether oxygens (including phenoxy) is 1. The SMILES string of the molecule is COc1ccc(Cl)cc1/C=C1/N=C(CCc2ccccc2)NC1=O. The van der Waals surface area contributed by atoms with E-state index in [9.17, 15) is 4.79 Å². The molecule has 24 heavy (non-hydrogen) atoms. The molecule has 122 valence electrons. The highest BCUT2D eigenvalue weighted by Crippen LogP contribution is 2.26. The standard InChI is InChI=1S/C19H17ClN2O2/c1-24-17-9-8-15(20)11-14(17)12-16-19(23)22-18(21-16)10-7-13-5-3-2-4-6-13/h2-6,8-9,11-12H,7,10H2,1H3,(H,21,22,23)/b16-12+. The molecule has 0 aliphatic carbocycles. The van der Waals surface area contributed by atoms with Gasteiger partial charge in [0.15, 0.2) is 0 Å². The number of amides is 1. The van der Waals surface area contributed by atoms with Gasteiger partial charge in [-0.05, 0) is 36.3 Å². The van der Waals surface area contributed by atoms with Crippen molar-refractivity contribution in [2.24, 2.45) is 4.99 Å². The number of halogens is 1. The highest BCUT2D eigenvalue weighted by Gasteiger charge is 2.20. The van der Waals surface area contributed by atoms with Crippen molar-refractivity contribution in [3.8, 4) is 5.75 Å². The summed E-state index contributed by atoms with van der Waals surface area (Å²) in [5.74, 6) is 1.11. The van der Waals surface area contributed by atoms with E-state index >= 15 is 0 Å². The summed E-state index contributed by atoms with van der Waals surface area (Å²) in [5, 5.41) is 3.39. The number of aliphatic imine (C=N–C) groups is 1. The molecule has 1 aliphatic rings. The summed E-state index contributed by atoms with van der Waals surface area (Å²) < 4.78 is 5.29. The van der Waals surface area contributed by atoms with Gasteiger partial charge in [0.1, 0.15) is 17.3 Å². The normalized spacial score (nSPS) is 15.3. The van der Waals surface area contributed by atoms with Gasteiger partial charge in [-0.25, -0.2) is 4.99 Å². The predicted molar refractivity (Wildman–Crippen MR) is 96.3 cm³/mol. The number of amidine groups is 1. The molecule has 1 amide bonds. The number of nitrogens with one attached hydrogen (secondary N) is 1. The molecule has 0 spiro atoms. The van der Waals surface area contributed by atoms with E-state index < -0.39 is 0 Å². The number of carbonyl (C=O) groups excluding carboxylic acids is 1. The first-order valence-electron chi connectivity index (χ1n) is 7.64. The first-order valence-corrected chi connectivity index (χ1v) is 8.01. The van der Waals surface area contributed by atoms with Crippen LogP contribution in [0.4, 0.5) is 0 Å². The summed E-state index contributed by atoms with van der Waals surface area (Å²) in [6.07, 6.45) is 3.20. The number of carbonyl (C=O) groups is 1. The Morgan fingerprint density at radius 1 is 1.17 bits per heavy atom. The molecule has 2 aromatic carbocycles. The number of benzene rings is 2. The zero-order valence-corrected chi connectivity index (χ0v) is 14.0. The Kier molecular flexibility index (Phi) is 4.96. The number of nitrogens with zero attached hydrogens (tertiary/aromatic N) is 1. The first-order chi connectivity index (χ1) is 11.7. The average Bonchev–Trinajstić information content (AvgIpc) is 2.94. The number of rotatable bonds is 5. The largest absolute Gasteiger partial charge is 0.496 e. The van der Waals surface area contributed by atoms with Crippen molar-refractivity contribution in [2.45, 2.75) is 12.8 Å². The van der Waals surface area contributed by atoms with Gasteiger partial charge in [-0.1, -0.05) is 41.9 Å². The van der Waals surface area contributed by atoms with Crippen molar-refractivity contribution in [1.29, 1.82) is 0 Å². The second kappa shape index (κ2) is 7.32. The lowest BCUT2D eigenvalue weighted by molar-refractivity contribution is -0.115. The summed E-state index contributed by atoms with van der Waals surface area (Å²) in [4.78, 5) is 16.5. The molecule has 0 radical (unpaired) electrons. The molecule has 1 N–H and O–H groups in total. The molecular formula is C19H17ClN2O2. The van der Waals surface area contributed by atoms with Crippen LogP contribution in [0.5, 0.6) is 5.75 Å². The van der Waals surface area contributed by atoms with Crippen LogP contribution >= 0.6 is 11.6 Å². The van der Waals surface area contributed by atoms with Gasteiger partial charge < -0.3 is 10.1 Å². The Balaban J connectivity index is 1.78. The van der Waals surface area contributed by atoms with Gasteiger partial charge in [-0.2, -0.15) is 0 Å². The number of aryl methyl sites for hydroxylation is 1. The summed E-state index contributed by atoms with van der Waals surface area (Å²) in [6, 6.07) is 15.4. The molecule has 1 heterocycles. The van der Waals surface area contributed by atoms with E-state index in [1.54, 1.807) is 31.4 Å². The van der Waals surface area contributed by atoms with Crippen LogP contribution in [0.15, 0.2) is 59.2 Å². The maximum atomic E-state index is 12.1. The van der Waals surface area contributed by atoms with Crippen molar-refractivity contribution in [1.82, 2.24) is 5.32 Å². The van der Waals surface area contributed by atoms with Gasteiger partial charge in [-0.3, -0.25) is 4.79 Å². The maximum absolute atomic E-state index is 12.1. The van der Waals surface area contributed by atoms with E-state index in [-0.39, 0.29) is 5.91 Å². The molecule has 5 heteroatoms. The summed E-state index contributed by atoms with van der Waals surface area (Å²) in [5.41, 5.74) is 2.30. The van der Waals surface area contributed by atoms with Crippen LogP contribution in [-0.2, 0) is 11.2 Å². The molecule has 0 bridgehead atoms. The summed E-state index contributed by atoms with van der Waals surface area (Å²) >= 11 is 6.02. The second-order valence-electron chi connectivity index (χ2n) is 5.41. The van der Waals surface area contributed by atoms with Crippen LogP contribution in [0.25, 0.3) is 6.08 Å². The predicted octanol–water partition coefficient (Wildman–Crippen LogP) is 3.85. The number of hydrogen-bond acceptors (Lipinski definition) is 3. The van der Waals surface area contributed by atoms with E-state index in [0.717, 1.165) is 12.0 Å². The van der Waals surface area contributed by atoms with E-state index in [4.69, 9.17) is 16.3 Å². The average molecular weight is 341 g/mol. The minimum absolute atomic E-state index is 0.208. The minimum atomic E-state index is -0.208. The maximum Gasteiger partial charge on any atom is 0.275 e. The monoisotopic (exact) mass is 340 g/mol. The van der Waals surface area contributed by atoms with E-state index in [2.05, 4.69) is 22.4 Å². The number of hydrogen-bond donors (Lipinski definition) is 1. The molecule has 1 aliphatic heterocycles. The van der Waals surface area contributed by atoms with Gasteiger partial charge in [-0.15, -0.1) is 0 Å². The van der Waals surface area contributed by atoms with Gasteiger partial charge >= 0.3 is 0 Å². The fourth-order valence-corrected chi connectivity index (χ4v) is 2.69. The molecule has 0 fully saturated rings. The van der Waals surface area contributed by atoms with Crippen molar-refractivity contribution >= 4 is 29.4 Å². The van der Waals surface area contributed by atoms with E-state index in [1.165, 1.54) is 5.56 Å². The summed E-state index contributed by atoms with van der Waals surface area (Å²) in [6.45, 7) is 0. The third-order valence-corrected chi connectivity index (χ3v) is 3.96. The fraction of sp³-hybridized carbons (Fsp3) is 0.158. The molecule has 0 unspecified atom stereocenters. The molecular weight excluding hydrogens is 324 g/mol. The van der Waals surface area contributed by atoms with Crippen LogP contribution in [0, 0.1) is 0 Å². The van der Waals surface area contributed by atoms with Crippen LogP contribution < -0.4 is 10.1 Å². The second-order valence-corrected chi connectivity index (χ2v) is 5.85. The molecule has 0 aromatic heterocycles. The molecule has 2 aromatic rings. The minimum Gasteiger partial charge on any atom is -0.496 e. The Morgan fingerprint density at radius 2 is 1.96 bits per heavy atom. The molecule has 0 saturated heterocycles. The zero-order valence-electron chi connectivity index (χ0n) is 13.3. The fourth-order valence-electron chi connectivity index (χ4n) is 2.51. The molecule has 3 rings (SSSR count). The van der Waals surface area contributed by atoms with Crippen LogP contribution in [-0.4, -0.2) is 18.9 Å². The third kappa shape index (κ3) is 3.84. The first kappa shape index (κ1) is 16.3. The van der Waals surface area contributed by atoms with Crippen molar-refractivity contribution in [3.05, 3.63) is 70.4 Å². The smallest absolute Gasteiger partial charge is 0.275 e. The Bertz CT molecular complexity index is 813. The van der Waals surface area contributed by atoms with Crippen LogP contribution in [0.3, 0.4) is 0 Å². The Hall–Kier alpha value is -2.59. The quantitative estimate of drug-likeness (QED) is 0.840. The zero-order chi connectivity index (χ0) is 16.9. The lowest BCUT2D eigenvalue weighted by Crippen LogP contribution is -2.24. The highest BCUT2D eigenvalue weighted by molar-refractivity contribution is 6.30. The Labute approximate surface area is 145 Å². The van der Waals surface area contributed by atoms with Gasteiger partial charge in [0.05, 0.1) is 7.11 Å². The Morgan fingerprint density at radius 3 is 2.71 bits per heavy atom. The summed E-state index contributed by atoms with van der Waals surface area (Å²) in [7, 11) is 1.58. The van der Waals surface area contributed by atoms with Crippen LogP contribution in [0.1, 0.15) is 17.5 Å². The highest BCUT2D eigenvalue weighted by atomic mass is 35.5. The topological polar surface area (TPSA) is 50.7 Å². The number of methoxy groups -OCH3 is 1. The van der Waals surface area contributed by atoms with E-state index in [0.29, 0.717) is 28.7 Å². The van der Waals surface area contributed by atoms with E-state index in [1.807, 2.05) is 18.2 Å². The lowest BCUT2D eigenvalue weighted by atomic mass is 10.1. The molecule has 4 nitrogen and oxygen atoms in total. The van der Waals surface area contributed by atoms with Gasteiger partial charge in [0, 0.05) is 17.0 Å². The van der Waals surface area contributed by atoms with Crippen LogP contribution in [0.2, 0.25) is 5.02 Å². The third-order valence-electron chi connectivity index (χ3n) is 3.72. The van der Waals surface area contributed by atoms with Crippen molar-refractivity contribution in [3.63, 3.8) is 0 Å². The molecule has 0 saturated carbocycles. The lowest BCUT2D eigenvalue weighted by Gasteiger charge is -2.05. The van der Waals surface area contributed by atoms with Crippen molar-refractivity contribution in [2.75, 3.05) is 7.11 Å². The van der Waals surface area contributed by atoms with Crippen molar-refractivity contribution < 1.29 is 9.53 Å². The van der Waals surface area contributed by atoms with Gasteiger partial charge in [0.2, 0.25) is 0 Å².